The number of hydrogen-bond acceptors (Lipinski definition) is 4. The van der Waals surface area contributed by atoms with Gasteiger partial charge in [0, 0.05) is 0 Å². The van der Waals surface area contributed by atoms with Crippen LogP contribution in [0, 0.1) is 5.82 Å². The third-order valence-corrected chi connectivity index (χ3v) is 6.11. The van der Waals surface area contributed by atoms with Gasteiger partial charge in [-0.25, -0.2) is 4.39 Å². The van der Waals surface area contributed by atoms with E-state index in [1.54, 1.807) is 18.2 Å². The SMILES string of the molecule is CCCCCCCCOc1ccc(/C=C2\SC(=S)N(c3cccc(F)c3)C2=O)cc1. The molecule has 0 saturated carbocycles. The average Bonchev–Trinajstić information content (AvgIpc) is 3.01. The minimum Gasteiger partial charge on any atom is -0.494 e. The molecule has 0 spiro atoms. The van der Waals surface area contributed by atoms with Gasteiger partial charge in [-0.2, -0.15) is 0 Å². The number of hydrogen-bond donors (Lipinski definition) is 0. The Bertz CT molecular complexity index is 912. The van der Waals surface area contributed by atoms with Crippen molar-refractivity contribution in [2.24, 2.45) is 0 Å². The van der Waals surface area contributed by atoms with Gasteiger partial charge in [-0.3, -0.25) is 9.69 Å². The van der Waals surface area contributed by atoms with Crippen molar-refractivity contribution in [3.05, 3.63) is 64.8 Å². The van der Waals surface area contributed by atoms with Crippen LogP contribution in [0.1, 0.15) is 51.0 Å². The number of thiocarbonyl (C=S) groups is 1. The minimum atomic E-state index is -0.401. The summed E-state index contributed by atoms with van der Waals surface area (Å²) >= 11 is 6.56. The maximum atomic E-state index is 13.5. The quantitative estimate of drug-likeness (QED) is 0.225. The molecule has 0 aromatic heterocycles. The zero-order valence-electron chi connectivity index (χ0n) is 17.1. The molecule has 1 saturated heterocycles. The van der Waals surface area contributed by atoms with Crippen molar-refractivity contribution in [1.82, 2.24) is 0 Å². The van der Waals surface area contributed by atoms with Gasteiger partial charge in [-0.1, -0.05) is 81.2 Å². The van der Waals surface area contributed by atoms with Gasteiger partial charge in [0.15, 0.2) is 4.32 Å². The maximum absolute atomic E-state index is 13.5. The highest BCUT2D eigenvalue weighted by Crippen LogP contribution is 2.36. The lowest BCUT2D eigenvalue weighted by atomic mass is 10.1. The number of halogens is 1. The fourth-order valence-electron chi connectivity index (χ4n) is 3.19. The van der Waals surface area contributed by atoms with Crippen LogP contribution < -0.4 is 9.64 Å². The molecular weight excluding hydrogens is 417 g/mol. The summed E-state index contributed by atoms with van der Waals surface area (Å²) in [5.74, 6) is 0.189. The van der Waals surface area contributed by atoms with Crippen molar-refractivity contribution < 1.29 is 13.9 Å². The van der Waals surface area contributed by atoms with Gasteiger partial charge < -0.3 is 4.74 Å². The van der Waals surface area contributed by atoms with Crippen molar-refractivity contribution in [2.75, 3.05) is 11.5 Å². The van der Waals surface area contributed by atoms with Crippen molar-refractivity contribution in [3.8, 4) is 5.75 Å². The summed E-state index contributed by atoms with van der Waals surface area (Å²) in [6, 6.07) is 13.6. The van der Waals surface area contributed by atoms with E-state index in [4.69, 9.17) is 17.0 Å². The molecular formula is C24H26FNO2S2. The Morgan fingerprint density at radius 1 is 1.07 bits per heavy atom. The van der Waals surface area contributed by atoms with Gasteiger partial charge in [-0.15, -0.1) is 0 Å². The Morgan fingerprint density at radius 2 is 1.80 bits per heavy atom. The molecule has 0 aliphatic carbocycles. The third kappa shape index (κ3) is 6.16. The van der Waals surface area contributed by atoms with E-state index in [9.17, 15) is 9.18 Å². The fraction of sp³-hybridized carbons (Fsp3) is 0.333. The highest BCUT2D eigenvalue weighted by molar-refractivity contribution is 8.27. The van der Waals surface area contributed by atoms with Crippen molar-refractivity contribution in [1.29, 1.82) is 0 Å². The summed E-state index contributed by atoms with van der Waals surface area (Å²) in [7, 11) is 0. The van der Waals surface area contributed by atoms with Crippen molar-refractivity contribution in [3.63, 3.8) is 0 Å². The van der Waals surface area contributed by atoms with Crippen LogP contribution in [-0.2, 0) is 4.79 Å². The van der Waals surface area contributed by atoms with Crippen LogP contribution in [-0.4, -0.2) is 16.8 Å². The van der Waals surface area contributed by atoms with Gasteiger partial charge in [-0.05, 0) is 48.4 Å². The van der Waals surface area contributed by atoms with Gasteiger partial charge in [0.05, 0.1) is 17.2 Å². The Hall–Kier alpha value is -2.18. The molecule has 158 valence electrons. The lowest BCUT2D eigenvalue weighted by Crippen LogP contribution is -2.27. The van der Waals surface area contributed by atoms with E-state index in [-0.39, 0.29) is 5.91 Å². The smallest absolute Gasteiger partial charge is 0.270 e. The second-order valence-electron chi connectivity index (χ2n) is 7.18. The minimum absolute atomic E-state index is 0.237. The highest BCUT2D eigenvalue weighted by atomic mass is 32.2. The zero-order chi connectivity index (χ0) is 21.3. The summed E-state index contributed by atoms with van der Waals surface area (Å²) < 4.78 is 19.7. The molecule has 3 nitrogen and oxygen atoms in total. The molecule has 1 fully saturated rings. The largest absolute Gasteiger partial charge is 0.494 e. The summed E-state index contributed by atoms with van der Waals surface area (Å²) in [6.07, 6.45) is 9.21. The second-order valence-corrected chi connectivity index (χ2v) is 8.86. The number of anilines is 1. The Kier molecular flexibility index (Phi) is 8.46. The molecule has 0 unspecified atom stereocenters. The second kappa shape index (κ2) is 11.3. The predicted molar refractivity (Wildman–Crippen MR) is 127 cm³/mol. The first-order chi connectivity index (χ1) is 14.6. The van der Waals surface area contributed by atoms with Gasteiger partial charge in [0.1, 0.15) is 11.6 Å². The molecule has 3 rings (SSSR count). The standard InChI is InChI=1S/C24H26FNO2S2/c1-2-3-4-5-6-7-15-28-21-13-11-18(12-14-21)16-22-23(27)26(24(29)30-22)20-10-8-9-19(25)17-20/h8-14,16-17H,2-7,15H2,1H3/b22-16-. The van der Waals surface area contributed by atoms with Gasteiger partial charge in [0.25, 0.3) is 5.91 Å². The van der Waals surface area contributed by atoms with Crippen LogP contribution in [0.15, 0.2) is 53.4 Å². The van der Waals surface area contributed by atoms with Gasteiger partial charge in [0.2, 0.25) is 0 Å². The van der Waals surface area contributed by atoms with E-state index in [1.165, 1.54) is 60.9 Å². The molecule has 1 aliphatic heterocycles. The lowest BCUT2D eigenvalue weighted by molar-refractivity contribution is -0.113. The summed E-state index contributed by atoms with van der Waals surface area (Å²) in [5, 5.41) is 0. The van der Waals surface area contributed by atoms with Crippen LogP contribution in [0.5, 0.6) is 5.75 Å². The number of unbranched alkanes of at least 4 members (excludes halogenated alkanes) is 5. The maximum Gasteiger partial charge on any atom is 0.270 e. The number of carbonyl (C=O) groups excluding carboxylic acids is 1. The first-order valence-corrected chi connectivity index (χ1v) is 11.6. The molecule has 0 atom stereocenters. The molecule has 30 heavy (non-hydrogen) atoms. The monoisotopic (exact) mass is 443 g/mol. The molecule has 0 bridgehead atoms. The first kappa shape index (κ1) is 22.5. The molecule has 2 aromatic carbocycles. The fourth-order valence-corrected chi connectivity index (χ4v) is 4.49. The van der Waals surface area contributed by atoms with E-state index in [0.29, 0.717) is 14.9 Å². The van der Waals surface area contributed by atoms with Gasteiger partial charge >= 0.3 is 0 Å². The van der Waals surface area contributed by atoms with Crippen LogP contribution in [0.4, 0.5) is 10.1 Å². The molecule has 2 aromatic rings. The number of carbonyl (C=O) groups is 1. The summed E-state index contributed by atoms with van der Waals surface area (Å²) in [5.41, 5.74) is 1.33. The van der Waals surface area contributed by atoms with Crippen LogP contribution in [0.3, 0.4) is 0 Å². The number of rotatable bonds is 10. The van der Waals surface area contributed by atoms with Crippen LogP contribution in [0.2, 0.25) is 0 Å². The van der Waals surface area contributed by atoms with Crippen LogP contribution in [0.25, 0.3) is 6.08 Å². The number of thioether (sulfide) groups is 1. The van der Waals surface area contributed by atoms with E-state index >= 15 is 0 Å². The number of benzene rings is 2. The molecule has 1 amide bonds. The third-order valence-electron chi connectivity index (χ3n) is 4.80. The molecule has 1 heterocycles. The Balaban J connectivity index is 1.55. The first-order valence-electron chi connectivity index (χ1n) is 10.3. The topological polar surface area (TPSA) is 29.5 Å². The van der Waals surface area contributed by atoms with Crippen LogP contribution >= 0.6 is 24.0 Å². The highest BCUT2D eigenvalue weighted by Gasteiger charge is 2.33. The zero-order valence-corrected chi connectivity index (χ0v) is 18.7. The Labute approximate surface area is 187 Å². The van der Waals surface area contributed by atoms with E-state index < -0.39 is 5.82 Å². The van der Waals surface area contributed by atoms with Crippen molar-refractivity contribution >= 4 is 46.0 Å². The molecule has 6 heteroatoms. The molecule has 0 radical (unpaired) electrons. The number of ether oxygens (including phenoxy) is 1. The molecule has 0 N–H and O–H groups in total. The normalized spacial score (nSPS) is 15.3. The predicted octanol–water partition coefficient (Wildman–Crippen LogP) is 6.97. The summed E-state index contributed by atoms with van der Waals surface area (Å²) in [4.78, 5) is 14.7. The average molecular weight is 444 g/mol. The van der Waals surface area contributed by atoms with E-state index in [1.807, 2.05) is 24.3 Å². The molecule has 1 aliphatic rings. The summed E-state index contributed by atoms with van der Waals surface area (Å²) in [6.45, 7) is 2.94. The van der Waals surface area contributed by atoms with E-state index in [2.05, 4.69) is 6.92 Å². The number of nitrogens with zero attached hydrogens (tertiary/aromatic N) is 1. The van der Waals surface area contributed by atoms with E-state index in [0.717, 1.165) is 24.3 Å². The Morgan fingerprint density at radius 3 is 2.53 bits per heavy atom. The number of amides is 1. The lowest BCUT2D eigenvalue weighted by Gasteiger charge is -2.14. The van der Waals surface area contributed by atoms with Crippen molar-refractivity contribution in [2.45, 2.75) is 45.4 Å².